The molecule has 0 bridgehead atoms. The van der Waals surface area contributed by atoms with Gasteiger partial charge in [0.05, 0.1) is 11.2 Å². The van der Waals surface area contributed by atoms with Crippen LogP contribution in [0, 0.1) is 0 Å². The maximum absolute atomic E-state index is 2.72. The molecule has 0 fully saturated rings. The third-order valence-electron chi connectivity index (χ3n) is 19.6. The minimum atomic E-state index is -0.204. The van der Waals surface area contributed by atoms with Gasteiger partial charge in [0.1, 0.15) is 0 Å². The first-order valence-corrected chi connectivity index (χ1v) is 32.7. The van der Waals surface area contributed by atoms with Crippen LogP contribution < -0.4 is 21.3 Å². The Hall–Kier alpha value is -9.70. The Morgan fingerprint density at radius 1 is 0.264 bits per heavy atom. The number of anilines is 3. The third kappa shape index (κ3) is 9.96. The van der Waals surface area contributed by atoms with E-state index in [1.165, 1.54) is 121 Å². The van der Waals surface area contributed by atoms with Crippen molar-refractivity contribution in [2.45, 2.75) is 105 Å². The van der Waals surface area contributed by atoms with Crippen LogP contribution in [0.25, 0.3) is 105 Å². The van der Waals surface area contributed by atoms with Crippen molar-refractivity contribution in [1.82, 2.24) is 4.57 Å². The molecule has 0 unspecified atom stereocenters. The van der Waals surface area contributed by atoms with Gasteiger partial charge in [0.2, 0.25) is 0 Å². The number of aromatic nitrogens is 1. The Bertz CT molecular complexity index is 5040. The molecule has 444 valence electrons. The second kappa shape index (κ2) is 21.5. The van der Waals surface area contributed by atoms with E-state index in [0.717, 1.165) is 39.0 Å². The van der Waals surface area contributed by atoms with Gasteiger partial charge < -0.3 is 9.47 Å². The van der Waals surface area contributed by atoms with Gasteiger partial charge in [-0.25, -0.2) is 0 Å². The van der Waals surface area contributed by atoms with Gasteiger partial charge >= 0.3 is 0 Å². The van der Waals surface area contributed by atoms with Gasteiger partial charge in [-0.1, -0.05) is 301 Å². The zero-order valence-corrected chi connectivity index (χ0v) is 54.8. The molecular formula is C88H79BN2. The summed E-state index contributed by atoms with van der Waals surface area (Å²) in [6.45, 7) is 28.1. The minimum Gasteiger partial charge on any atom is -0.310 e. The first-order chi connectivity index (χ1) is 43.7. The molecule has 12 aromatic carbocycles. The maximum atomic E-state index is 2.72. The summed E-state index contributed by atoms with van der Waals surface area (Å²) in [7, 11) is 0. The molecule has 1 aromatic heterocycles. The van der Waals surface area contributed by atoms with Gasteiger partial charge in [0.15, 0.2) is 0 Å². The molecule has 2 aliphatic rings. The van der Waals surface area contributed by atoms with Crippen molar-refractivity contribution >= 4 is 83.5 Å². The molecule has 3 heterocycles. The van der Waals surface area contributed by atoms with Crippen molar-refractivity contribution < 1.29 is 0 Å². The molecule has 0 amide bonds. The summed E-state index contributed by atoms with van der Waals surface area (Å²) in [5.74, 6) is 0. The van der Waals surface area contributed by atoms with Crippen LogP contribution in [0.15, 0.2) is 261 Å². The van der Waals surface area contributed by atoms with Crippen LogP contribution in [0.1, 0.15) is 105 Å². The molecule has 2 nitrogen and oxygen atoms in total. The van der Waals surface area contributed by atoms with E-state index in [9.17, 15) is 0 Å². The van der Waals surface area contributed by atoms with E-state index in [-0.39, 0.29) is 28.4 Å². The van der Waals surface area contributed by atoms with Crippen LogP contribution in [0.3, 0.4) is 0 Å². The van der Waals surface area contributed by atoms with Gasteiger partial charge in [0.25, 0.3) is 6.71 Å². The Kier molecular flexibility index (Phi) is 13.6. The highest BCUT2D eigenvalue weighted by Gasteiger charge is 2.44. The molecule has 0 saturated heterocycles. The highest BCUT2D eigenvalue weighted by Crippen LogP contribution is 2.52. The summed E-state index contributed by atoms with van der Waals surface area (Å²) in [6.07, 6.45) is 0. The summed E-state index contributed by atoms with van der Waals surface area (Å²) in [5, 5.41) is 7.26. The molecular weight excluding hydrogens is 1100 g/mol. The standard InChI is InChI=1S/C88H79BN2/c1-85(2,3)64-36-28-35-59(45-64)63-52-80-82-81(53-63)91(83-73(57-31-18-14-19-32-57)48-61(56-29-16-13-17-30-56)49-74(83)58-33-20-15-21-34-58)79-55-65(86(4,5)6)43-44-76(79)89(82)77-51-62(60-46-66(87(7,8)9)54-67(47-60)88(10,11)12)50-75-71-40-25-23-38-69(71)68-37-22-24-39-70(68)72-41-26-27-42-78(72)90(80)84(75)77/h13-55H,1-12H3. The molecule has 0 saturated carbocycles. The number of benzene rings is 12. The number of fused-ring (bicyclic) bond motifs is 11. The number of nitrogens with zero attached hydrogens (tertiary/aromatic N) is 2. The molecule has 0 aliphatic carbocycles. The fourth-order valence-electron chi connectivity index (χ4n) is 14.6. The van der Waals surface area contributed by atoms with Crippen molar-refractivity contribution in [2.75, 3.05) is 4.90 Å². The lowest BCUT2D eigenvalue weighted by Crippen LogP contribution is -2.60. The zero-order valence-electron chi connectivity index (χ0n) is 54.8. The summed E-state index contributed by atoms with van der Waals surface area (Å²) < 4.78 is 2.71. The van der Waals surface area contributed by atoms with E-state index in [1.807, 2.05) is 0 Å². The second-order valence-corrected chi connectivity index (χ2v) is 29.8. The van der Waals surface area contributed by atoms with Crippen molar-refractivity contribution in [3.8, 4) is 61.3 Å². The lowest BCUT2D eigenvalue weighted by atomic mass is 9.33. The molecule has 15 rings (SSSR count). The highest BCUT2D eigenvalue weighted by molar-refractivity contribution is 7.00. The van der Waals surface area contributed by atoms with E-state index >= 15 is 0 Å². The first-order valence-electron chi connectivity index (χ1n) is 32.7. The monoisotopic (exact) mass is 1170 g/mol. The predicted molar refractivity (Wildman–Crippen MR) is 395 cm³/mol. The Morgan fingerprint density at radius 3 is 1.25 bits per heavy atom. The SMILES string of the molecule is CC(C)(C)c1cccc(-c2cc3c4c(c2)-n2c5ccccc5c5ccccc5c5ccccc5c5cc(-c6cc(C(C)(C)C)cc(C(C)(C)C)c6)cc(c52)B4c2ccc(C(C)(C)C)cc2N3c2c(-c3ccccc3)cc(-c3ccccc3)cc2-c2ccccc2)c1. The lowest BCUT2D eigenvalue weighted by Gasteiger charge is -2.43. The molecule has 2 aliphatic heterocycles. The molecule has 13 aromatic rings. The largest absolute Gasteiger partial charge is 0.310 e. The fourth-order valence-corrected chi connectivity index (χ4v) is 14.6. The predicted octanol–water partition coefficient (Wildman–Crippen LogP) is 22.4. The molecule has 91 heavy (non-hydrogen) atoms. The van der Waals surface area contributed by atoms with Crippen LogP contribution in [-0.4, -0.2) is 11.3 Å². The summed E-state index contributed by atoms with van der Waals surface area (Å²) in [5.41, 5.74) is 27.5. The van der Waals surface area contributed by atoms with Gasteiger partial charge in [0, 0.05) is 44.5 Å². The smallest absolute Gasteiger partial charge is 0.252 e. The number of rotatable bonds is 6. The van der Waals surface area contributed by atoms with Crippen molar-refractivity contribution in [1.29, 1.82) is 0 Å². The van der Waals surface area contributed by atoms with Crippen LogP contribution in [0.2, 0.25) is 0 Å². The van der Waals surface area contributed by atoms with E-state index in [1.54, 1.807) is 0 Å². The summed E-state index contributed by atoms with van der Waals surface area (Å²) in [6, 6.07) is 100. The van der Waals surface area contributed by atoms with Gasteiger partial charge in [-0.05, 0) is 169 Å². The molecule has 0 atom stereocenters. The summed E-state index contributed by atoms with van der Waals surface area (Å²) in [4.78, 5) is 2.72. The maximum Gasteiger partial charge on any atom is 0.252 e. The Morgan fingerprint density at radius 2 is 0.692 bits per heavy atom. The van der Waals surface area contributed by atoms with Crippen molar-refractivity contribution in [3.63, 3.8) is 0 Å². The summed E-state index contributed by atoms with van der Waals surface area (Å²) >= 11 is 0. The highest BCUT2D eigenvalue weighted by atomic mass is 15.2. The number of para-hydroxylation sites is 1. The molecule has 3 heteroatoms. The van der Waals surface area contributed by atoms with Crippen LogP contribution >= 0.6 is 0 Å². The molecule has 0 radical (unpaired) electrons. The van der Waals surface area contributed by atoms with Crippen LogP contribution in [0.4, 0.5) is 17.1 Å². The minimum absolute atomic E-state index is 0.0832. The van der Waals surface area contributed by atoms with Gasteiger partial charge in [-0.3, -0.25) is 0 Å². The zero-order chi connectivity index (χ0) is 62.9. The molecule has 0 N–H and O–H groups in total. The van der Waals surface area contributed by atoms with E-state index < -0.39 is 0 Å². The number of hydrogen-bond donors (Lipinski definition) is 0. The van der Waals surface area contributed by atoms with Crippen molar-refractivity contribution in [2.24, 2.45) is 0 Å². The molecule has 0 spiro atoms. The van der Waals surface area contributed by atoms with E-state index in [4.69, 9.17) is 0 Å². The van der Waals surface area contributed by atoms with Crippen LogP contribution in [0.5, 0.6) is 0 Å². The van der Waals surface area contributed by atoms with Gasteiger partial charge in [-0.2, -0.15) is 0 Å². The average Bonchev–Trinajstić information content (AvgIpc) is 1.44. The second-order valence-electron chi connectivity index (χ2n) is 29.8. The van der Waals surface area contributed by atoms with E-state index in [0.29, 0.717) is 0 Å². The lowest BCUT2D eigenvalue weighted by molar-refractivity contribution is 0.569. The Labute approximate surface area is 538 Å². The first kappa shape index (κ1) is 57.7. The third-order valence-corrected chi connectivity index (χ3v) is 19.6. The van der Waals surface area contributed by atoms with Gasteiger partial charge in [-0.15, -0.1) is 0 Å². The normalized spacial score (nSPS) is 13.0. The van der Waals surface area contributed by atoms with Crippen molar-refractivity contribution in [3.05, 3.63) is 283 Å². The number of hydrogen-bond acceptors (Lipinski definition) is 1. The fraction of sp³-hybridized carbons (Fsp3) is 0.182. The quantitative estimate of drug-likeness (QED) is 0.151. The topological polar surface area (TPSA) is 8.17 Å². The average molecular weight is 1180 g/mol. The van der Waals surface area contributed by atoms with Crippen LogP contribution in [-0.2, 0) is 21.7 Å². The Balaban J connectivity index is 1.21. The van der Waals surface area contributed by atoms with E-state index in [2.05, 4.69) is 353 Å².